The zero-order valence-corrected chi connectivity index (χ0v) is 12.9. The second kappa shape index (κ2) is 6.17. The normalized spacial score (nSPS) is 25.9. The fourth-order valence-electron chi connectivity index (χ4n) is 2.54. The van der Waals surface area contributed by atoms with Gasteiger partial charge in [0.15, 0.2) is 0 Å². The van der Waals surface area contributed by atoms with Crippen molar-refractivity contribution in [2.75, 3.05) is 0 Å². The zero-order valence-electron chi connectivity index (χ0n) is 10.5. The summed E-state index contributed by atoms with van der Waals surface area (Å²) in [5.41, 5.74) is 5.34. The van der Waals surface area contributed by atoms with Crippen LogP contribution in [-0.4, -0.2) is 11.9 Å². The largest absolute Gasteiger partial charge is 0.369 e. The minimum atomic E-state index is -0.135. The quantitative estimate of drug-likeness (QED) is 0.890. The van der Waals surface area contributed by atoms with Gasteiger partial charge in [-0.1, -0.05) is 0 Å². The van der Waals surface area contributed by atoms with E-state index in [0.29, 0.717) is 12.1 Å². The van der Waals surface area contributed by atoms with Gasteiger partial charge < -0.3 is 11.1 Å². The number of carbonyl (C=O) groups is 1. The van der Waals surface area contributed by atoms with Crippen LogP contribution in [0.4, 0.5) is 0 Å². The van der Waals surface area contributed by atoms with E-state index < -0.39 is 0 Å². The minimum Gasteiger partial charge on any atom is -0.369 e. The molecule has 18 heavy (non-hydrogen) atoms. The molecular formula is C13H19BrN2OS. The summed E-state index contributed by atoms with van der Waals surface area (Å²) < 4.78 is 1.15. The molecule has 1 fully saturated rings. The van der Waals surface area contributed by atoms with E-state index in [4.69, 9.17) is 5.73 Å². The second-order valence-electron chi connectivity index (χ2n) is 5.01. The van der Waals surface area contributed by atoms with E-state index in [1.54, 1.807) is 11.3 Å². The summed E-state index contributed by atoms with van der Waals surface area (Å²) in [7, 11) is 0. The van der Waals surface area contributed by atoms with E-state index in [2.05, 4.69) is 39.6 Å². The zero-order chi connectivity index (χ0) is 13.1. The molecule has 3 nitrogen and oxygen atoms in total. The first-order valence-electron chi connectivity index (χ1n) is 6.35. The van der Waals surface area contributed by atoms with Crippen molar-refractivity contribution in [1.82, 2.24) is 5.32 Å². The number of hydrogen-bond acceptors (Lipinski definition) is 3. The summed E-state index contributed by atoms with van der Waals surface area (Å²) >= 11 is 5.25. The third-order valence-corrected chi connectivity index (χ3v) is 5.51. The smallest absolute Gasteiger partial charge is 0.220 e. The molecule has 1 saturated carbocycles. The number of carbonyl (C=O) groups excluding carboxylic acids is 1. The van der Waals surface area contributed by atoms with E-state index in [1.807, 2.05) is 0 Å². The van der Waals surface area contributed by atoms with Crippen molar-refractivity contribution in [3.8, 4) is 0 Å². The first-order valence-corrected chi connectivity index (χ1v) is 8.03. The third kappa shape index (κ3) is 3.56. The Labute approximate surface area is 120 Å². The maximum atomic E-state index is 11.1. The number of rotatable bonds is 4. The van der Waals surface area contributed by atoms with Gasteiger partial charge in [-0.05, 0) is 54.6 Å². The summed E-state index contributed by atoms with van der Waals surface area (Å²) in [4.78, 5) is 12.5. The molecule has 0 radical (unpaired) electrons. The van der Waals surface area contributed by atoms with Gasteiger partial charge in [0.05, 0.1) is 0 Å². The summed E-state index contributed by atoms with van der Waals surface area (Å²) in [5.74, 6) is -0.0436. The van der Waals surface area contributed by atoms with Crippen LogP contribution in [0.2, 0.25) is 0 Å². The Morgan fingerprint density at radius 1 is 1.50 bits per heavy atom. The van der Waals surface area contributed by atoms with Crippen LogP contribution in [-0.2, 0) is 4.79 Å². The van der Waals surface area contributed by atoms with Gasteiger partial charge in [-0.25, -0.2) is 0 Å². The highest BCUT2D eigenvalue weighted by molar-refractivity contribution is 9.10. The molecule has 3 N–H and O–H groups in total. The Morgan fingerprint density at radius 3 is 2.67 bits per heavy atom. The predicted octanol–water partition coefficient (Wildman–Crippen LogP) is 3.21. The van der Waals surface area contributed by atoms with Gasteiger partial charge >= 0.3 is 0 Å². The summed E-state index contributed by atoms with van der Waals surface area (Å²) in [5, 5.41) is 5.75. The van der Waals surface area contributed by atoms with Crippen LogP contribution < -0.4 is 11.1 Å². The number of thiophene rings is 1. The van der Waals surface area contributed by atoms with Crippen LogP contribution in [0.1, 0.15) is 43.5 Å². The lowest BCUT2D eigenvalue weighted by atomic mass is 9.85. The average molecular weight is 331 g/mol. The van der Waals surface area contributed by atoms with Gasteiger partial charge in [0.1, 0.15) is 0 Å². The van der Waals surface area contributed by atoms with Crippen LogP contribution in [0.3, 0.4) is 0 Å². The number of nitrogens with two attached hydrogens (primary N) is 1. The monoisotopic (exact) mass is 330 g/mol. The molecule has 1 amide bonds. The van der Waals surface area contributed by atoms with E-state index in [0.717, 1.165) is 30.2 Å². The molecule has 0 aliphatic heterocycles. The minimum absolute atomic E-state index is 0.0919. The molecule has 0 spiro atoms. The second-order valence-corrected chi connectivity index (χ2v) is 6.87. The lowest BCUT2D eigenvalue weighted by Gasteiger charge is -2.29. The van der Waals surface area contributed by atoms with Crippen LogP contribution in [0, 0.1) is 5.92 Å². The molecule has 1 heterocycles. The van der Waals surface area contributed by atoms with Crippen molar-refractivity contribution >= 4 is 33.2 Å². The summed E-state index contributed by atoms with van der Waals surface area (Å²) in [6, 6.07) is 3.05. The van der Waals surface area contributed by atoms with Crippen LogP contribution >= 0.6 is 27.3 Å². The fourth-order valence-corrected chi connectivity index (χ4v) is 4.00. The predicted molar refractivity (Wildman–Crippen MR) is 78.5 cm³/mol. The maximum absolute atomic E-state index is 11.1. The van der Waals surface area contributed by atoms with Crippen LogP contribution in [0.15, 0.2) is 15.9 Å². The standard InChI is InChI=1S/C13H19BrN2OS/c1-8(12-6-10(14)7-18-12)16-11-4-2-9(3-5-11)13(15)17/h6-9,11,16H,2-5H2,1H3,(H2,15,17). The lowest BCUT2D eigenvalue weighted by Crippen LogP contribution is -2.37. The molecule has 2 rings (SSSR count). The van der Waals surface area contributed by atoms with Crippen molar-refractivity contribution < 1.29 is 4.79 Å². The van der Waals surface area contributed by atoms with E-state index >= 15 is 0 Å². The van der Waals surface area contributed by atoms with E-state index in [9.17, 15) is 4.79 Å². The molecule has 1 atom stereocenters. The molecule has 0 bridgehead atoms. The van der Waals surface area contributed by atoms with Gasteiger partial charge in [-0.15, -0.1) is 11.3 Å². The molecule has 1 aromatic heterocycles. The molecule has 1 aromatic rings. The Morgan fingerprint density at radius 2 is 2.17 bits per heavy atom. The Bertz CT molecular complexity index is 413. The number of primary amides is 1. The van der Waals surface area contributed by atoms with Crippen LogP contribution in [0.5, 0.6) is 0 Å². The first kappa shape index (κ1) is 14.0. The maximum Gasteiger partial charge on any atom is 0.220 e. The molecule has 5 heteroatoms. The highest BCUT2D eigenvalue weighted by atomic mass is 79.9. The number of amides is 1. The van der Waals surface area contributed by atoms with Crippen molar-refractivity contribution in [2.45, 2.75) is 44.7 Å². The van der Waals surface area contributed by atoms with Gasteiger partial charge in [-0.2, -0.15) is 0 Å². The highest BCUT2D eigenvalue weighted by Gasteiger charge is 2.25. The van der Waals surface area contributed by atoms with Crippen molar-refractivity contribution in [2.24, 2.45) is 11.7 Å². The van der Waals surface area contributed by atoms with E-state index in [-0.39, 0.29) is 11.8 Å². The summed E-state index contributed by atoms with van der Waals surface area (Å²) in [6.07, 6.45) is 3.94. The number of hydrogen-bond donors (Lipinski definition) is 2. The highest BCUT2D eigenvalue weighted by Crippen LogP contribution is 2.29. The Balaban J connectivity index is 1.83. The number of halogens is 1. The molecule has 1 aliphatic rings. The Hall–Kier alpha value is -0.390. The molecular weight excluding hydrogens is 312 g/mol. The molecule has 100 valence electrons. The van der Waals surface area contributed by atoms with Gasteiger partial charge in [-0.3, -0.25) is 4.79 Å². The van der Waals surface area contributed by atoms with Gasteiger partial charge in [0, 0.05) is 32.7 Å². The van der Waals surface area contributed by atoms with Crippen molar-refractivity contribution in [3.63, 3.8) is 0 Å². The third-order valence-electron chi connectivity index (χ3n) is 3.63. The van der Waals surface area contributed by atoms with Crippen LogP contribution in [0.25, 0.3) is 0 Å². The van der Waals surface area contributed by atoms with E-state index in [1.165, 1.54) is 4.88 Å². The van der Waals surface area contributed by atoms with Crippen molar-refractivity contribution in [1.29, 1.82) is 0 Å². The molecule has 0 aromatic carbocycles. The summed E-state index contributed by atoms with van der Waals surface area (Å²) in [6.45, 7) is 2.19. The topological polar surface area (TPSA) is 55.1 Å². The number of nitrogens with one attached hydrogen (secondary N) is 1. The SMILES string of the molecule is CC(NC1CCC(C(N)=O)CC1)c1cc(Br)cs1. The lowest BCUT2D eigenvalue weighted by molar-refractivity contribution is -0.122. The molecule has 1 aliphatic carbocycles. The molecule has 1 unspecified atom stereocenters. The van der Waals surface area contributed by atoms with Crippen molar-refractivity contribution in [3.05, 3.63) is 20.8 Å². The fraction of sp³-hybridized carbons (Fsp3) is 0.615. The first-order chi connectivity index (χ1) is 8.56. The van der Waals surface area contributed by atoms with Gasteiger partial charge in [0.2, 0.25) is 5.91 Å². The molecule has 0 saturated heterocycles. The van der Waals surface area contributed by atoms with Gasteiger partial charge in [0.25, 0.3) is 0 Å². The average Bonchev–Trinajstić information content (AvgIpc) is 2.76. The Kier molecular flexibility index (Phi) is 4.81.